The summed E-state index contributed by atoms with van der Waals surface area (Å²) in [6, 6.07) is 1.84. The Hall–Kier alpha value is -2.24. The van der Waals surface area contributed by atoms with Crippen LogP contribution in [0.25, 0.3) is 11.4 Å². The molecule has 19 heavy (non-hydrogen) atoms. The minimum Gasteiger partial charge on any atom is -0.479 e. The second-order valence-electron chi connectivity index (χ2n) is 3.97. The molecule has 0 bridgehead atoms. The van der Waals surface area contributed by atoms with E-state index < -0.39 is 0 Å². The molecule has 2 aromatic heterocycles. The SMILES string of the molecule is CCCc1nc(NC)cc(-c2nccnc2OC)n1. The van der Waals surface area contributed by atoms with Gasteiger partial charge in [0.15, 0.2) is 5.69 Å². The third-order valence-corrected chi connectivity index (χ3v) is 2.60. The lowest BCUT2D eigenvalue weighted by Gasteiger charge is -2.08. The first-order valence-corrected chi connectivity index (χ1v) is 6.19. The average Bonchev–Trinajstić information content (AvgIpc) is 2.47. The van der Waals surface area contributed by atoms with Crippen molar-refractivity contribution in [3.05, 3.63) is 24.3 Å². The topological polar surface area (TPSA) is 72.8 Å². The quantitative estimate of drug-likeness (QED) is 0.884. The van der Waals surface area contributed by atoms with Crippen LogP contribution < -0.4 is 10.1 Å². The van der Waals surface area contributed by atoms with Gasteiger partial charge in [-0.25, -0.2) is 19.9 Å². The molecule has 0 aromatic carbocycles. The molecular formula is C13H17N5O. The zero-order valence-electron chi connectivity index (χ0n) is 11.3. The van der Waals surface area contributed by atoms with Gasteiger partial charge in [0.05, 0.1) is 7.11 Å². The van der Waals surface area contributed by atoms with Gasteiger partial charge in [-0.2, -0.15) is 0 Å². The summed E-state index contributed by atoms with van der Waals surface area (Å²) < 4.78 is 5.22. The monoisotopic (exact) mass is 259 g/mol. The highest BCUT2D eigenvalue weighted by Gasteiger charge is 2.12. The maximum absolute atomic E-state index is 5.22. The number of anilines is 1. The van der Waals surface area contributed by atoms with Gasteiger partial charge < -0.3 is 10.1 Å². The van der Waals surface area contributed by atoms with Crippen LogP contribution in [0, 0.1) is 0 Å². The predicted octanol–water partition coefficient (Wildman–Crippen LogP) is 1.94. The van der Waals surface area contributed by atoms with Crippen LogP contribution in [-0.2, 0) is 6.42 Å². The highest BCUT2D eigenvalue weighted by Crippen LogP contribution is 2.25. The first kappa shape index (κ1) is 13.2. The first-order chi connectivity index (χ1) is 9.28. The van der Waals surface area contributed by atoms with Gasteiger partial charge in [-0.1, -0.05) is 6.92 Å². The van der Waals surface area contributed by atoms with Crippen LogP contribution >= 0.6 is 0 Å². The van der Waals surface area contributed by atoms with Crippen LogP contribution in [0.1, 0.15) is 19.2 Å². The number of rotatable bonds is 5. The summed E-state index contributed by atoms with van der Waals surface area (Å²) in [6.07, 6.45) is 5.03. The van der Waals surface area contributed by atoms with Crippen molar-refractivity contribution in [3.63, 3.8) is 0 Å². The van der Waals surface area contributed by atoms with E-state index in [4.69, 9.17) is 4.74 Å². The van der Waals surface area contributed by atoms with Crippen molar-refractivity contribution in [2.75, 3.05) is 19.5 Å². The van der Waals surface area contributed by atoms with E-state index in [1.165, 1.54) is 0 Å². The van der Waals surface area contributed by atoms with Crippen molar-refractivity contribution in [1.82, 2.24) is 19.9 Å². The maximum atomic E-state index is 5.22. The molecule has 2 aromatic rings. The molecular weight excluding hydrogens is 242 g/mol. The Morgan fingerprint density at radius 3 is 2.68 bits per heavy atom. The normalized spacial score (nSPS) is 10.3. The van der Waals surface area contributed by atoms with Crippen molar-refractivity contribution in [2.24, 2.45) is 0 Å². The molecule has 1 N–H and O–H groups in total. The molecule has 0 spiro atoms. The maximum Gasteiger partial charge on any atom is 0.241 e. The van der Waals surface area contributed by atoms with Gasteiger partial charge in [0, 0.05) is 31.9 Å². The number of nitrogens with zero attached hydrogens (tertiary/aromatic N) is 4. The largest absolute Gasteiger partial charge is 0.479 e. The van der Waals surface area contributed by atoms with Crippen LogP contribution in [0.5, 0.6) is 5.88 Å². The lowest BCUT2D eigenvalue weighted by Crippen LogP contribution is -2.03. The van der Waals surface area contributed by atoms with Crippen LogP contribution in [-0.4, -0.2) is 34.1 Å². The molecule has 0 aliphatic carbocycles. The average molecular weight is 259 g/mol. The molecule has 0 atom stereocenters. The van der Waals surface area contributed by atoms with Gasteiger partial charge in [-0.15, -0.1) is 0 Å². The number of nitrogens with one attached hydrogen (secondary N) is 1. The van der Waals surface area contributed by atoms with Gasteiger partial charge in [0.1, 0.15) is 17.3 Å². The summed E-state index contributed by atoms with van der Waals surface area (Å²) in [4.78, 5) is 17.4. The zero-order chi connectivity index (χ0) is 13.7. The molecule has 100 valence electrons. The number of ether oxygens (including phenoxy) is 1. The summed E-state index contributed by atoms with van der Waals surface area (Å²) >= 11 is 0. The van der Waals surface area contributed by atoms with Crippen LogP contribution in [0.2, 0.25) is 0 Å². The number of hydrogen-bond donors (Lipinski definition) is 1. The number of aromatic nitrogens is 4. The molecule has 0 radical (unpaired) electrons. The van der Waals surface area contributed by atoms with E-state index in [-0.39, 0.29) is 0 Å². The summed E-state index contributed by atoms with van der Waals surface area (Å²) in [7, 11) is 3.40. The summed E-state index contributed by atoms with van der Waals surface area (Å²) in [5.74, 6) is 2.02. The molecule has 0 aliphatic rings. The van der Waals surface area contributed by atoms with Gasteiger partial charge in [-0.3, -0.25) is 0 Å². The molecule has 0 saturated heterocycles. The molecule has 0 fully saturated rings. The van der Waals surface area contributed by atoms with Crippen LogP contribution in [0.3, 0.4) is 0 Å². The Morgan fingerprint density at radius 2 is 2.00 bits per heavy atom. The van der Waals surface area contributed by atoms with E-state index in [0.29, 0.717) is 17.3 Å². The Labute approximate surface area is 112 Å². The molecule has 0 saturated carbocycles. The van der Waals surface area contributed by atoms with Crippen molar-refractivity contribution in [3.8, 4) is 17.3 Å². The number of aryl methyl sites for hydroxylation is 1. The highest BCUT2D eigenvalue weighted by molar-refractivity contribution is 5.63. The molecule has 0 unspecified atom stereocenters. The third-order valence-electron chi connectivity index (χ3n) is 2.60. The zero-order valence-corrected chi connectivity index (χ0v) is 11.3. The lowest BCUT2D eigenvalue weighted by atomic mass is 10.2. The molecule has 0 amide bonds. The van der Waals surface area contributed by atoms with E-state index in [9.17, 15) is 0 Å². The smallest absolute Gasteiger partial charge is 0.241 e. The predicted molar refractivity (Wildman–Crippen MR) is 73.2 cm³/mol. The van der Waals surface area contributed by atoms with Crippen LogP contribution in [0.15, 0.2) is 18.5 Å². The Kier molecular flexibility index (Phi) is 4.22. The standard InChI is InChI=1S/C13H17N5O/c1-4-5-10-17-9(8-11(14-2)18-10)12-13(19-3)16-7-6-15-12/h6-8H,4-5H2,1-3H3,(H,14,17,18). The molecule has 0 aliphatic heterocycles. The molecule has 6 heteroatoms. The molecule has 2 heterocycles. The fourth-order valence-electron chi connectivity index (χ4n) is 1.73. The number of methoxy groups -OCH3 is 1. The van der Waals surface area contributed by atoms with Crippen molar-refractivity contribution in [2.45, 2.75) is 19.8 Å². The van der Waals surface area contributed by atoms with Crippen LogP contribution in [0.4, 0.5) is 5.82 Å². The van der Waals surface area contributed by atoms with Crippen molar-refractivity contribution >= 4 is 5.82 Å². The summed E-state index contributed by atoms with van der Waals surface area (Å²) in [5.41, 5.74) is 1.34. The summed E-state index contributed by atoms with van der Waals surface area (Å²) in [5, 5.41) is 3.03. The van der Waals surface area contributed by atoms with Gasteiger partial charge in [0.25, 0.3) is 0 Å². The third kappa shape index (κ3) is 2.96. The fraction of sp³-hybridized carbons (Fsp3) is 0.385. The van der Waals surface area contributed by atoms with Gasteiger partial charge >= 0.3 is 0 Å². The first-order valence-electron chi connectivity index (χ1n) is 6.19. The Balaban J connectivity index is 2.51. The Morgan fingerprint density at radius 1 is 1.21 bits per heavy atom. The molecule has 2 rings (SSSR count). The lowest BCUT2D eigenvalue weighted by molar-refractivity contribution is 0.397. The summed E-state index contributed by atoms with van der Waals surface area (Å²) in [6.45, 7) is 2.10. The van der Waals surface area contributed by atoms with Crippen molar-refractivity contribution < 1.29 is 4.74 Å². The van der Waals surface area contributed by atoms with Gasteiger partial charge in [-0.05, 0) is 6.42 Å². The Bertz CT molecular complexity index is 558. The van der Waals surface area contributed by atoms with E-state index >= 15 is 0 Å². The fourth-order valence-corrected chi connectivity index (χ4v) is 1.73. The highest BCUT2D eigenvalue weighted by atomic mass is 16.5. The second-order valence-corrected chi connectivity index (χ2v) is 3.97. The minimum absolute atomic E-state index is 0.464. The van der Waals surface area contributed by atoms with Crippen molar-refractivity contribution in [1.29, 1.82) is 0 Å². The van der Waals surface area contributed by atoms with Gasteiger partial charge in [0.2, 0.25) is 5.88 Å². The molecule has 6 nitrogen and oxygen atoms in total. The van der Waals surface area contributed by atoms with E-state index in [2.05, 4.69) is 32.2 Å². The van der Waals surface area contributed by atoms with E-state index in [1.807, 2.05) is 13.1 Å². The number of hydrogen-bond acceptors (Lipinski definition) is 6. The minimum atomic E-state index is 0.464. The van der Waals surface area contributed by atoms with E-state index in [0.717, 1.165) is 24.5 Å². The van der Waals surface area contributed by atoms with E-state index in [1.54, 1.807) is 19.5 Å². The second kappa shape index (κ2) is 6.08.